The summed E-state index contributed by atoms with van der Waals surface area (Å²) < 4.78 is 10.7. The number of primary amides is 1. The van der Waals surface area contributed by atoms with Crippen molar-refractivity contribution in [1.29, 1.82) is 0 Å². The summed E-state index contributed by atoms with van der Waals surface area (Å²) >= 11 is 0. The number of H-pyrrole nitrogens is 1. The number of pyridine rings is 1. The van der Waals surface area contributed by atoms with E-state index in [0.717, 1.165) is 11.1 Å². The molecule has 0 fully saturated rings. The van der Waals surface area contributed by atoms with E-state index in [0.29, 0.717) is 28.2 Å². The van der Waals surface area contributed by atoms with Crippen LogP contribution < -0.4 is 20.5 Å². The molecule has 2 aromatic heterocycles. The number of hydrogen-bond donors (Lipinski definition) is 3. The second-order valence-electron chi connectivity index (χ2n) is 7.76. The van der Waals surface area contributed by atoms with Crippen LogP contribution in [0.3, 0.4) is 0 Å². The van der Waals surface area contributed by atoms with Crippen molar-refractivity contribution in [2.45, 2.75) is 12.5 Å². The van der Waals surface area contributed by atoms with Crippen LogP contribution in [-0.4, -0.2) is 47.3 Å². The first-order valence-corrected chi connectivity index (χ1v) is 10.9. The fourth-order valence-electron chi connectivity index (χ4n) is 3.71. The van der Waals surface area contributed by atoms with Gasteiger partial charge in [-0.25, -0.2) is 4.98 Å². The molecule has 9 heteroatoms. The predicted molar refractivity (Wildman–Crippen MR) is 133 cm³/mol. The number of carbonyl (C=O) groups excluding carboxylic acids is 2. The zero-order valence-electron chi connectivity index (χ0n) is 19.3. The molecule has 1 unspecified atom stereocenters. The molecule has 35 heavy (non-hydrogen) atoms. The Bertz CT molecular complexity index is 1360. The zero-order valence-corrected chi connectivity index (χ0v) is 19.3. The number of aromatic amines is 1. The maximum absolute atomic E-state index is 13.2. The minimum absolute atomic E-state index is 0.265. The lowest BCUT2D eigenvalue weighted by atomic mass is 10.0. The Hall–Kier alpha value is -4.66. The number of ether oxygens (including phenoxy) is 2. The van der Waals surface area contributed by atoms with Crippen LogP contribution in [0.15, 0.2) is 60.8 Å². The van der Waals surface area contributed by atoms with Gasteiger partial charge >= 0.3 is 0 Å². The van der Waals surface area contributed by atoms with E-state index < -0.39 is 17.9 Å². The molecule has 178 valence electrons. The largest absolute Gasteiger partial charge is 0.495 e. The van der Waals surface area contributed by atoms with E-state index >= 15 is 0 Å². The summed E-state index contributed by atoms with van der Waals surface area (Å²) in [5.41, 5.74) is 8.84. The quantitative estimate of drug-likeness (QED) is 0.344. The molecule has 0 aliphatic rings. The van der Waals surface area contributed by atoms with Crippen molar-refractivity contribution in [3.63, 3.8) is 0 Å². The van der Waals surface area contributed by atoms with E-state index in [2.05, 4.69) is 20.5 Å². The molecule has 0 saturated heterocycles. The fourth-order valence-corrected chi connectivity index (χ4v) is 3.71. The Morgan fingerprint density at radius 1 is 1.06 bits per heavy atom. The number of aromatic nitrogens is 3. The fraction of sp³-hybridized carbons (Fsp3) is 0.154. The number of hydrogen-bond acceptors (Lipinski definition) is 6. The monoisotopic (exact) mass is 471 g/mol. The lowest BCUT2D eigenvalue weighted by molar-refractivity contribution is -0.119. The number of carbonyl (C=O) groups is 2. The maximum Gasteiger partial charge on any atom is 0.255 e. The molecule has 2 aromatic carbocycles. The number of nitrogens with two attached hydrogens (primary N) is 1. The minimum Gasteiger partial charge on any atom is -0.495 e. The van der Waals surface area contributed by atoms with E-state index in [1.165, 1.54) is 7.11 Å². The van der Waals surface area contributed by atoms with E-state index in [1.807, 2.05) is 42.5 Å². The van der Waals surface area contributed by atoms with Crippen molar-refractivity contribution in [3.05, 3.63) is 83.2 Å². The average molecular weight is 472 g/mol. The highest BCUT2D eigenvalue weighted by Crippen LogP contribution is 2.32. The van der Waals surface area contributed by atoms with Gasteiger partial charge in [-0.1, -0.05) is 36.4 Å². The summed E-state index contributed by atoms with van der Waals surface area (Å²) in [6.07, 6.45) is 5.60. The number of nitrogens with one attached hydrogen (secondary N) is 2. The molecule has 1 atom stereocenters. The van der Waals surface area contributed by atoms with Crippen molar-refractivity contribution in [1.82, 2.24) is 20.5 Å². The Morgan fingerprint density at radius 2 is 1.86 bits per heavy atom. The first kappa shape index (κ1) is 23.5. The molecule has 0 aliphatic carbocycles. The van der Waals surface area contributed by atoms with E-state index in [-0.39, 0.29) is 12.0 Å². The van der Waals surface area contributed by atoms with E-state index in [9.17, 15) is 9.59 Å². The third kappa shape index (κ3) is 5.30. The molecular weight excluding hydrogens is 446 g/mol. The third-order valence-electron chi connectivity index (χ3n) is 5.49. The second kappa shape index (κ2) is 10.5. The Morgan fingerprint density at radius 3 is 2.51 bits per heavy atom. The Labute approximate surface area is 202 Å². The van der Waals surface area contributed by atoms with Gasteiger partial charge in [0.25, 0.3) is 5.91 Å². The summed E-state index contributed by atoms with van der Waals surface area (Å²) in [4.78, 5) is 29.4. The first-order chi connectivity index (χ1) is 17.0. The Balaban J connectivity index is 1.63. The zero-order chi connectivity index (χ0) is 24.8. The van der Waals surface area contributed by atoms with Gasteiger partial charge in [-0.05, 0) is 35.4 Å². The summed E-state index contributed by atoms with van der Waals surface area (Å²) in [5.74, 6) is -0.239. The van der Waals surface area contributed by atoms with Crippen LogP contribution in [0, 0.1) is 0 Å². The summed E-state index contributed by atoms with van der Waals surface area (Å²) in [5, 5.41) is 10.7. The van der Waals surface area contributed by atoms with Crippen LogP contribution in [0.2, 0.25) is 0 Å². The van der Waals surface area contributed by atoms with Crippen molar-refractivity contribution in [3.8, 4) is 11.6 Å². The minimum atomic E-state index is -0.878. The number of benzene rings is 2. The van der Waals surface area contributed by atoms with Crippen molar-refractivity contribution >= 4 is 34.9 Å². The average Bonchev–Trinajstić information content (AvgIpc) is 3.30. The van der Waals surface area contributed by atoms with Crippen LogP contribution in [0.25, 0.3) is 23.1 Å². The van der Waals surface area contributed by atoms with Gasteiger partial charge in [0.15, 0.2) is 0 Å². The molecule has 4 rings (SSSR count). The lowest BCUT2D eigenvalue weighted by Gasteiger charge is -2.17. The molecule has 9 nitrogen and oxygen atoms in total. The van der Waals surface area contributed by atoms with Crippen LogP contribution in [0.4, 0.5) is 0 Å². The molecule has 0 saturated carbocycles. The van der Waals surface area contributed by atoms with Gasteiger partial charge in [-0.15, -0.1) is 0 Å². The van der Waals surface area contributed by atoms with Gasteiger partial charge in [0.1, 0.15) is 11.8 Å². The molecule has 2 amide bonds. The topological polar surface area (TPSA) is 132 Å². The molecule has 0 aliphatic heterocycles. The van der Waals surface area contributed by atoms with Crippen molar-refractivity contribution in [2.75, 3.05) is 14.2 Å². The molecule has 4 N–H and O–H groups in total. The normalized spacial score (nSPS) is 11.9. The standard InChI is InChI=1S/C26H25N5O4/c1-34-22-13-9-17(15-28-22)8-11-19-23-20(31-30-19)12-10-18(24(23)35-2)26(33)29-21(25(27)32)14-16-6-4-3-5-7-16/h3-13,15,21H,14H2,1-2H3,(H2,27,32)(H,29,33)(H,30,31)/b11-8+. The highest BCUT2D eigenvalue weighted by molar-refractivity contribution is 6.06. The Kier molecular flexibility index (Phi) is 7.06. The van der Waals surface area contributed by atoms with Crippen LogP contribution in [-0.2, 0) is 11.2 Å². The molecular formula is C26H25N5O4. The second-order valence-corrected chi connectivity index (χ2v) is 7.76. The smallest absolute Gasteiger partial charge is 0.255 e. The van der Waals surface area contributed by atoms with Crippen molar-refractivity contribution in [2.24, 2.45) is 5.73 Å². The molecule has 0 spiro atoms. The predicted octanol–water partition coefficient (Wildman–Crippen LogP) is 2.97. The maximum atomic E-state index is 13.2. The number of fused-ring (bicyclic) bond motifs is 1. The van der Waals surface area contributed by atoms with Crippen LogP contribution in [0.1, 0.15) is 27.2 Å². The SMILES string of the molecule is COc1ccc(/C=C/c2n[nH]c3ccc(C(=O)NC(Cc4ccccc4)C(N)=O)c(OC)c23)cn1. The van der Waals surface area contributed by atoms with Gasteiger partial charge in [0, 0.05) is 18.7 Å². The highest BCUT2D eigenvalue weighted by atomic mass is 16.5. The van der Waals surface area contributed by atoms with Gasteiger partial charge in [-0.3, -0.25) is 14.7 Å². The number of amides is 2. The number of nitrogens with zero attached hydrogens (tertiary/aromatic N) is 2. The van der Waals surface area contributed by atoms with Gasteiger partial charge in [0.05, 0.1) is 36.4 Å². The number of rotatable bonds is 9. The van der Waals surface area contributed by atoms with Crippen molar-refractivity contribution < 1.29 is 19.1 Å². The molecule has 0 bridgehead atoms. The lowest BCUT2D eigenvalue weighted by Crippen LogP contribution is -2.45. The summed E-state index contributed by atoms with van der Waals surface area (Å²) in [6, 6.07) is 15.5. The molecule has 4 aromatic rings. The van der Waals surface area contributed by atoms with E-state index in [1.54, 1.807) is 37.6 Å². The van der Waals surface area contributed by atoms with Gasteiger partial charge < -0.3 is 20.5 Å². The highest BCUT2D eigenvalue weighted by Gasteiger charge is 2.24. The van der Waals surface area contributed by atoms with E-state index in [4.69, 9.17) is 15.2 Å². The first-order valence-electron chi connectivity index (χ1n) is 10.9. The number of methoxy groups -OCH3 is 2. The summed E-state index contributed by atoms with van der Waals surface area (Å²) in [7, 11) is 3.04. The molecule has 2 heterocycles. The van der Waals surface area contributed by atoms with Gasteiger partial charge in [0.2, 0.25) is 11.8 Å². The third-order valence-corrected chi connectivity index (χ3v) is 5.49. The molecule has 0 radical (unpaired) electrons. The summed E-state index contributed by atoms with van der Waals surface area (Å²) in [6.45, 7) is 0. The van der Waals surface area contributed by atoms with Crippen LogP contribution >= 0.6 is 0 Å². The van der Waals surface area contributed by atoms with Crippen LogP contribution in [0.5, 0.6) is 11.6 Å². The van der Waals surface area contributed by atoms with Gasteiger partial charge in [-0.2, -0.15) is 5.10 Å².